The SMILES string of the molecule is C1CCOC1.C1CCOC1.N#Cc1ccccc1[N-]P(c1ccccc1)c1ccccc1.[K+]. The molecule has 2 aliphatic rings. The first-order valence-corrected chi connectivity index (χ1v) is 12.4. The van der Waals surface area contributed by atoms with Crippen LogP contribution in [0.2, 0.25) is 0 Å². The maximum absolute atomic E-state index is 9.27. The summed E-state index contributed by atoms with van der Waals surface area (Å²) in [6.07, 6.45) is 5.11. The molecule has 0 radical (unpaired) electrons. The third-order valence-corrected chi connectivity index (χ3v) is 6.88. The van der Waals surface area contributed by atoms with Crippen molar-refractivity contribution in [3.8, 4) is 6.07 Å². The van der Waals surface area contributed by atoms with E-state index in [1.807, 2.05) is 60.7 Å². The molecule has 0 aromatic heterocycles. The molecule has 33 heavy (non-hydrogen) atoms. The van der Waals surface area contributed by atoms with E-state index < -0.39 is 8.07 Å². The molecule has 0 aliphatic carbocycles. The minimum absolute atomic E-state index is 0. The van der Waals surface area contributed by atoms with Crippen LogP contribution in [0, 0.1) is 11.3 Å². The minimum Gasteiger partial charge on any atom is -0.652 e. The minimum atomic E-state index is -0.875. The van der Waals surface area contributed by atoms with E-state index in [1.165, 1.54) is 36.3 Å². The smallest absolute Gasteiger partial charge is 0.652 e. The molecule has 3 aromatic rings. The summed E-state index contributed by atoms with van der Waals surface area (Å²) in [7, 11) is -0.875. The zero-order valence-electron chi connectivity index (χ0n) is 19.4. The monoisotopic (exact) mass is 484 g/mol. The summed E-state index contributed by atoms with van der Waals surface area (Å²) in [5, 5.41) is 16.5. The maximum atomic E-state index is 9.27. The summed E-state index contributed by atoms with van der Waals surface area (Å²) in [4.78, 5) is 0. The molecule has 0 N–H and O–H groups in total. The van der Waals surface area contributed by atoms with Crippen molar-refractivity contribution in [2.24, 2.45) is 0 Å². The van der Waals surface area contributed by atoms with E-state index >= 15 is 0 Å². The first-order valence-electron chi connectivity index (χ1n) is 11.1. The molecule has 0 saturated carbocycles. The van der Waals surface area contributed by atoms with E-state index in [4.69, 9.17) is 14.6 Å². The van der Waals surface area contributed by atoms with Crippen LogP contribution in [0.3, 0.4) is 0 Å². The van der Waals surface area contributed by atoms with Gasteiger partial charge >= 0.3 is 51.4 Å². The van der Waals surface area contributed by atoms with Gasteiger partial charge in [-0.1, -0.05) is 78.9 Å². The van der Waals surface area contributed by atoms with Gasteiger partial charge in [-0.15, -0.1) is 13.8 Å². The Labute approximate surface area is 241 Å². The number of hydrogen-bond acceptors (Lipinski definition) is 3. The van der Waals surface area contributed by atoms with Gasteiger partial charge in [0.15, 0.2) is 0 Å². The second-order valence-electron chi connectivity index (χ2n) is 7.35. The normalized spacial score (nSPS) is 14.1. The van der Waals surface area contributed by atoms with Crippen LogP contribution in [0.25, 0.3) is 5.09 Å². The first-order chi connectivity index (χ1) is 15.9. The number of rotatable bonds is 4. The van der Waals surface area contributed by atoms with Crippen molar-refractivity contribution in [2.45, 2.75) is 25.7 Å². The Morgan fingerprint density at radius 3 is 1.45 bits per heavy atom. The van der Waals surface area contributed by atoms with E-state index in [9.17, 15) is 5.26 Å². The molecule has 2 aliphatic heterocycles. The van der Waals surface area contributed by atoms with E-state index in [0.717, 1.165) is 32.1 Å². The van der Waals surface area contributed by atoms with Crippen LogP contribution in [0.4, 0.5) is 5.69 Å². The van der Waals surface area contributed by atoms with Gasteiger partial charge in [0.2, 0.25) is 0 Å². The zero-order chi connectivity index (χ0) is 22.3. The van der Waals surface area contributed by atoms with Crippen LogP contribution in [0.5, 0.6) is 0 Å². The summed E-state index contributed by atoms with van der Waals surface area (Å²) >= 11 is 0. The average molecular weight is 485 g/mol. The topological polar surface area (TPSA) is 56.4 Å². The molecule has 0 bridgehead atoms. The third kappa shape index (κ3) is 10.4. The average Bonchev–Trinajstić information content (AvgIpc) is 3.63. The molecule has 166 valence electrons. The molecular weight excluding hydrogens is 454 g/mol. The number of ether oxygens (including phenoxy) is 2. The quantitative estimate of drug-likeness (QED) is 0.422. The van der Waals surface area contributed by atoms with E-state index in [2.05, 4.69) is 30.3 Å². The number of benzene rings is 3. The molecule has 5 rings (SSSR count). The van der Waals surface area contributed by atoms with Crippen LogP contribution >= 0.6 is 8.07 Å². The van der Waals surface area contributed by atoms with E-state index in [0.29, 0.717) is 5.56 Å². The third-order valence-electron chi connectivity index (χ3n) is 4.89. The Morgan fingerprint density at radius 1 is 0.636 bits per heavy atom. The molecule has 4 nitrogen and oxygen atoms in total. The molecule has 3 aromatic carbocycles. The summed E-state index contributed by atoms with van der Waals surface area (Å²) in [6.45, 7) is 4.00. The Balaban J connectivity index is 0.000000288. The maximum Gasteiger partial charge on any atom is 1.00 e. The summed E-state index contributed by atoms with van der Waals surface area (Å²) in [6, 6.07) is 30.2. The molecule has 0 spiro atoms. The van der Waals surface area contributed by atoms with Crippen LogP contribution in [-0.2, 0) is 9.47 Å². The van der Waals surface area contributed by atoms with Crippen molar-refractivity contribution in [1.82, 2.24) is 0 Å². The Morgan fingerprint density at radius 2 is 1.06 bits per heavy atom. The van der Waals surface area contributed by atoms with Crippen LogP contribution in [0.1, 0.15) is 31.2 Å². The van der Waals surface area contributed by atoms with Gasteiger partial charge in [-0.2, -0.15) is 5.26 Å². The summed E-state index contributed by atoms with van der Waals surface area (Å²) in [5.74, 6) is 0. The fourth-order valence-corrected chi connectivity index (χ4v) is 5.01. The van der Waals surface area contributed by atoms with Gasteiger partial charge in [-0.3, -0.25) is 0 Å². The molecule has 0 atom stereocenters. The van der Waals surface area contributed by atoms with E-state index in [-0.39, 0.29) is 51.4 Å². The molecule has 2 saturated heterocycles. The van der Waals surface area contributed by atoms with Crippen LogP contribution in [-0.4, -0.2) is 26.4 Å². The summed E-state index contributed by atoms with van der Waals surface area (Å²) < 4.78 is 9.89. The second kappa shape index (κ2) is 17.4. The van der Waals surface area contributed by atoms with Crippen molar-refractivity contribution in [3.05, 3.63) is 95.6 Å². The second-order valence-corrected chi connectivity index (χ2v) is 9.21. The Hall–Kier alpha value is -1.06. The summed E-state index contributed by atoms with van der Waals surface area (Å²) in [5.41, 5.74) is 1.37. The standard InChI is InChI=1S/C19H14N2P.2C4H8O.K/c20-15-16-9-7-8-14-19(16)21-22(17-10-3-1-4-11-17)18-12-5-2-6-13-18;2*1-2-4-5-3-1;/h1-14H;2*1-4H2;/q-1;;;+1. The van der Waals surface area contributed by atoms with Gasteiger partial charge in [0.1, 0.15) is 0 Å². The van der Waals surface area contributed by atoms with E-state index in [1.54, 1.807) is 0 Å². The van der Waals surface area contributed by atoms with Gasteiger partial charge in [-0.05, 0) is 42.4 Å². The number of nitrogens with zero attached hydrogens (tertiary/aromatic N) is 2. The van der Waals surface area contributed by atoms with Crippen molar-refractivity contribution in [3.63, 3.8) is 0 Å². The fraction of sp³-hybridized carbons (Fsp3) is 0.296. The largest absolute Gasteiger partial charge is 1.00 e. The Kier molecular flexibility index (Phi) is 14.8. The first kappa shape index (κ1) is 28.2. The number of hydrogen-bond donors (Lipinski definition) is 0. The van der Waals surface area contributed by atoms with Gasteiger partial charge in [0, 0.05) is 32.0 Å². The van der Waals surface area contributed by atoms with Crippen molar-refractivity contribution >= 4 is 24.4 Å². The van der Waals surface area contributed by atoms with Crippen molar-refractivity contribution in [2.75, 3.05) is 26.4 Å². The fourth-order valence-electron chi connectivity index (χ4n) is 3.19. The van der Waals surface area contributed by atoms with Gasteiger partial charge in [0.25, 0.3) is 0 Å². The predicted octanol–water partition coefficient (Wildman–Crippen LogP) is 3.21. The molecule has 0 amide bonds. The zero-order valence-corrected chi connectivity index (χ0v) is 23.4. The molecule has 2 fully saturated rings. The van der Waals surface area contributed by atoms with Crippen LogP contribution < -0.4 is 62.0 Å². The van der Waals surface area contributed by atoms with Crippen LogP contribution in [0.15, 0.2) is 84.9 Å². The molecule has 6 heteroatoms. The Bertz CT molecular complexity index is 878. The molecule has 2 heterocycles. The van der Waals surface area contributed by atoms with Gasteiger partial charge < -0.3 is 14.6 Å². The predicted molar refractivity (Wildman–Crippen MR) is 133 cm³/mol. The molecular formula is C27H30KN2O2P. The number of nitriles is 1. The van der Waals surface area contributed by atoms with Gasteiger partial charge in [0.05, 0.1) is 6.07 Å². The molecule has 0 unspecified atom stereocenters. The van der Waals surface area contributed by atoms with Crippen molar-refractivity contribution < 1.29 is 60.9 Å². The van der Waals surface area contributed by atoms with Gasteiger partial charge in [-0.25, -0.2) is 0 Å². The van der Waals surface area contributed by atoms with Crippen molar-refractivity contribution in [1.29, 1.82) is 5.26 Å².